The van der Waals surface area contributed by atoms with Crippen LogP contribution in [0.4, 0.5) is 4.39 Å². The predicted molar refractivity (Wildman–Crippen MR) is 94.0 cm³/mol. The van der Waals surface area contributed by atoms with E-state index in [1.54, 1.807) is 41.7 Å². The van der Waals surface area contributed by atoms with E-state index < -0.39 is 11.6 Å². The number of rotatable bonds is 4. The zero-order valence-electron chi connectivity index (χ0n) is 14.6. The number of carbonyl (C=O) groups excluding carboxylic acids is 2. The Balaban J connectivity index is 1.57. The maximum Gasteiger partial charge on any atom is 0.258 e. The molecule has 0 atom stereocenters. The van der Waals surface area contributed by atoms with E-state index in [-0.39, 0.29) is 38.4 Å². The van der Waals surface area contributed by atoms with Crippen molar-refractivity contribution in [3.63, 3.8) is 0 Å². The number of aromatic nitrogens is 2. The summed E-state index contributed by atoms with van der Waals surface area (Å²) in [5.41, 5.74) is 0.253. The molecule has 7 heteroatoms. The number of carbonyl (C=O) groups is 2. The third-order valence-corrected chi connectivity index (χ3v) is 4.72. The maximum absolute atomic E-state index is 15.0. The molecule has 26 heavy (non-hydrogen) atoms. The topological polar surface area (TPSA) is 75.2 Å². The number of aryl methyl sites for hydroxylation is 1. The predicted octanol–water partition coefficient (Wildman–Crippen LogP) is 2.05. The Kier molecular flexibility index (Phi) is 5.25. The number of nitrogens with one attached hydrogen (secondary N) is 1. The van der Waals surface area contributed by atoms with Crippen LogP contribution in [0.3, 0.4) is 0 Å². The third-order valence-electron chi connectivity index (χ3n) is 4.72. The fraction of sp³-hybridized carbons (Fsp3) is 0.368. The molecule has 1 aliphatic heterocycles. The van der Waals surface area contributed by atoms with Crippen LogP contribution in [0, 0.1) is 6.92 Å². The molecule has 136 valence electrons. The quantitative estimate of drug-likeness (QED) is 0.910. The average Bonchev–Trinajstić information content (AvgIpc) is 2.67. The molecule has 3 rings (SSSR count). The van der Waals surface area contributed by atoms with Crippen LogP contribution in [0.5, 0.6) is 0 Å². The highest BCUT2D eigenvalue weighted by Gasteiger charge is 2.42. The van der Waals surface area contributed by atoms with Crippen LogP contribution in [-0.2, 0) is 11.3 Å². The van der Waals surface area contributed by atoms with Crippen molar-refractivity contribution in [2.75, 3.05) is 13.1 Å². The lowest BCUT2D eigenvalue weighted by atomic mass is 9.91. The molecule has 2 aromatic rings. The van der Waals surface area contributed by atoms with Gasteiger partial charge in [-0.15, -0.1) is 0 Å². The van der Waals surface area contributed by atoms with Gasteiger partial charge in [-0.2, -0.15) is 0 Å². The number of amides is 2. The van der Waals surface area contributed by atoms with Crippen LogP contribution < -0.4 is 5.32 Å². The van der Waals surface area contributed by atoms with Crippen molar-refractivity contribution in [2.24, 2.45) is 0 Å². The molecule has 1 N–H and O–H groups in total. The van der Waals surface area contributed by atoms with Crippen molar-refractivity contribution in [3.8, 4) is 0 Å². The molecule has 1 fully saturated rings. The molecule has 0 radical (unpaired) electrons. The number of halogens is 1. The van der Waals surface area contributed by atoms with Crippen LogP contribution in [0.1, 0.15) is 34.3 Å². The minimum atomic E-state index is -1.95. The number of piperidine rings is 1. The summed E-state index contributed by atoms with van der Waals surface area (Å²) in [6, 6.07) is 5.30. The van der Waals surface area contributed by atoms with Crippen molar-refractivity contribution in [1.29, 1.82) is 0 Å². The maximum atomic E-state index is 15.0. The van der Waals surface area contributed by atoms with Crippen LogP contribution in [0.25, 0.3) is 0 Å². The molecule has 0 aromatic carbocycles. The van der Waals surface area contributed by atoms with Gasteiger partial charge in [-0.3, -0.25) is 19.6 Å². The second kappa shape index (κ2) is 7.59. The lowest BCUT2D eigenvalue weighted by molar-refractivity contribution is -0.135. The van der Waals surface area contributed by atoms with Gasteiger partial charge in [0.15, 0.2) is 5.67 Å². The largest absolute Gasteiger partial charge is 0.349 e. The second-order valence-electron chi connectivity index (χ2n) is 6.49. The van der Waals surface area contributed by atoms with Gasteiger partial charge in [-0.1, -0.05) is 0 Å². The summed E-state index contributed by atoms with van der Waals surface area (Å²) in [4.78, 5) is 34.3. The van der Waals surface area contributed by atoms with E-state index in [4.69, 9.17) is 0 Å². The summed E-state index contributed by atoms with van der Waals surface area (Å²) < 4.78 is 15.0. The SMILES string of the molecule is Cc1ccncc1C(=O)N1CCC(F)(C(=O)NCc2ccncc2)CC1. The monoisotopic (exact) mass is 356 g/mol. The lowest BCUT2D eigenvalue weighted by Crippen LogP contribution is -2.52. The van der Waals surface area contributed by atoms with Gasteiger partial charge < -0.3 is 10.2 Å². The van der Waals surface area contributed by atoms with E-state index in [2.05, 4.69) is 15.3 Å². The van der Waals surface area contributed by atoms with Crippen molar-refractivity contribution in [3.05, 3.63) is 59.7 Å². The first-order valence-electron chi connectivity index (χ1n) is 8.56. The zero-order chi connectivity index (χ0) is 18.6. The van der Waals surface area contributed by atoms with Gasteiger partial charge in [0.05, 0.1) is 5.56 Å². The Hall–Kier alpha value is -2.83. The molecule has 2 amide bonds. The van der Waals surface area contributed by atoms with Crippen LogP contribution in [0.2, 0.25) is 0 Å². The molecule has 0 saturated carbocycles. The van der Waals surface area contributed by atoms with Crippen LogP contribution in [0.15, 0.2) is 43.0 Å². The summed E-state index contributed by atoms with van der Waals surface area (Å²) in [5, 5.41) is 2.64. The number of pyridine rings is 2. The fourth-order valence-corrected chi connectivity index (χ4v) is 2.99. The number of hydrogen-bond donors (Lipinski definition) is 1. The summed E-state index contributed by atoms with van der Waals surface area (Å²) in [6.07, 6.45) is 6.37. The van der Waals surface area contributed by atoms with E-state index in [9.17, 15) is 9.59 Å². The molecule has 3 heterocycles. The molecule has 1 aliphatic rings. The Morgan fingerprint density at radius 1 is 1.15 bits per heavy atom. The molecular formula is C19H21FN4O2. The van der Waals surface area contributed by atoms with Gasteiger partial charge >= 0.3 is 0 Å². The van der Waals surface area contributed by atoms with E-state index in [0.29, 0.717) is 5.56 Å². The van der Waals surface area contributed by atoms with Crippen molar-refractivity contribution in [1.82, 2.24) is 20.2 Å². The summed E-state index contributed by atoms with van der Waals surface area (Å²) in [5.74, 6) is -0.797. The Morgan fingerprint density at radius 3 is 2.46 bits per heavy atom. The highest BCUT2D eigenvalue weighted by atomic mass is 19.1. The Morgan fingerprint density at radius 2 is 1.81 bits per heavy atom. The van der Waals surface area contributed by atoms with E-state index in [1.807, 2.05) is 6.92 Å². The number of nitrogens with zero attached hydrogens (tertiary/aromatic N) is 3. The highest BCUT2D eigenvalue weighted by Crippen LogP contribution is 2.28. The Labute approximate surface area is 151 Å². The molecule has 0 spiro atoms. The molecule has 0 unspecified atom stereocenters. The lowest BCUT2D eigenvalue weighted by Gasteiger charge is -2.35. The summed E-state index contributed by atoms with van der Waals surface area (Å²) in [6.45, 7) is 2.49. The van der Waals surface area contributed by atoms with Crippen molar-refractivity contribution < 1.29 is 14.0 Å². The van der Waals surface area contributed by atoms with E-state index in [0.717, 1.165) is 11.1 Å². The minimum absolute atomic E-state index is 0.0137. The summed E-state index contributed by atoms with van der Waals surface area (Å²) in [7, 11) is 0. The standard InChI is InChI=1S/C19H21FN4O2/c1-14-2-7-22-13-16(14)17(25)24-10-5-19(20,6-11-24)18(26)23-12-15-3-8-21-9-4-15/h2-4,7-9,13H,5-6,10-12H2,1H3,(H,23,26). The second-order valence-corrected chi connectivity index (χ2v) is 6.49. The molecule has 0 aliphatic carbocycles. The summed E-state index contributed by atoms with van der Waals surface area (Å²) >= 11 is 0. The zero-order valence-corrected chi connectivity index (χ0v) is 14.6. The van der Waals surface area contributed by atoms with Crippen molar-refractivity contribution >= 4 is 11.8 Å². The van der Waals surface area contributed by atoms with Gasteiger partial charge in [-0.05, 0) is 36.2 Å². The average molecular weight is 356 g/mol. The molecule has 2 aromatic heterocycles. The fourth-order valence-electron chi connectivity index (χ4n) is 2.99. The van der Waals surface area contributed by atoms with Gasteiger partial charge in [0.1, 0.15) is 0 Å². The highest BCUT2D eigenvalue weighted by molar-refractivity contribution is 5.95. The van der Waals surface area contributed by atoms with Crippen LogP contribution >= 0.6 is 0 Å². The van der Waals surface area contributed by atoms with Gasteiger partial charge in [0, 0.05) is 57.3 Å². The van der Waals surface area contributed by atoms with Gasteiger partial charge in [0.2, 0.25) is 0 Å². The third kappa shape index (κ3) is 3.87. The number of likely N-dealkylation sites (tertiary alicyclic amines) is 1. The first-order chi connectivity index (χ1) is 12.5. The Bertz CT molecular complexity index is 789. The van der Waals surface area contributed by atoms with Crippen LogP contribution in [-0.4, -0.2) is 45.4 Å². The molecule has 6 nitrogen and oxygen atoms in total. The van der Waals surface area contributed by atoms with E-state index in [1.165, 1.54) is 6.20 Å². The minimum Gasteiger partial charge on any atom is -0.349 e. The molecule has 1 saturated heterocycles. The molecular weight excluding hydrogens is 335 g/mol. The van der Waals surface area contributed by atoms with E-state index >= 15 is 4.39 Å². The van der Waals surface area contributed by atoms with Gasteiger partial charge in [0.25, 0.3) is 11.8 Å². The first-order valence-corrected chi connectivity index (χ1v) is 8.56. The number of alkyl halides is 1. The van der Waals surface area contributed by atoms with Crippen molar-refractivity contribution in [2.45, 2.75) is 32.0 Å². The smallest absolute Gasteiger partial charge is 0.258 e. The molecule has 0 bridgehead atoms. The number of hydrogen-bond acceptors (Lipinski definition) is 4. The van der Waals surface area contributed by atoms with Gasteiger partial charge in [-0.25, -0.2) is 4.39 Å². The normalized spacial score (nSPS) is 16.2. The first kappa shape index (κ1) is 18.0.